The van der Waals surface area contributed by atoms with Gasteiger partial charge in [0, 0.05) is 23.5 Å². The minimum absolute atomic E-state index is 0.135. The summed E-state index contributed by atoms with van der Waals surface area (Å²) >= 11 is 0. The van der Waals surface area contributed by atoms with E-state index in [0.717, 1.165) is 36.2 Å². The number of nitrogens with one attached hydrogen (secondary N) is 3. The van der Waals surface area contributed by atoms with E-state index in [-0.39, 0.29) is 22.9 Å². The summed E-state index contributed by atoms with van der Waals surface area (Å²) in [7, 11) is -3.75. The van der Waals surface area contributed by atoms with Crippen LogP contribution in [0, 0.1) is 13.8 Å². The van der Waals surface area contributed by atoms with E-state index in [9.17, 15) is 18.0 Å². The van der Waals surface area contributed by atoms with E-state index >= 15 is 0 Å². The molecular weight excluding hydrogens is 464 g/mol. The third-order valence-electron chi connectivity index (χ3n) is 6.04. The van der Waals surface area contributed by atoms with Crippen molar-refractivity contribution in [1.82, 2.24) is 10.9 Å². The maximum absolute atomic E-state index is 12.7. The standard InChI is InChI=1S/C26H28N4O4S/c1-18-9-14-23(16-19(18)2)35(33,34)29-22-12-10-21(11-13-22)26(32)28-27-25(31)17-30-15-5-7-20-6-3-4-8-24(20)30/h3-4,6,8-14,16,29H,5,7,15,17H2,1-2H3,(H,27,31)(H,28,32). The zero-order valence-electron chi connectivity index (χ0n) is 19.7. The van der Waals surface area contributed by atoms with E-state index in [1.165, 1.54) is 29.8 Å². The normalized spacial score (nSPS) is 13.0. The zero-order valence-corrected chi connectivity index (χ0v) is 20.5. The van der Waals surface area contributed by atoms with Crippen molar-refractivity contribution in [2.75, 3.05) is 22.7 Å². The number of carbonyl (C=O) groups is 2. The van der Waals surface area contributed by atoms with Crippen molar-refractivity contribution in [3.63, 3.8) is 0 Å². The molecule has 0 aromatic heterocycles. The fourth-order valence-electron chi connectivity index (χ4n) is 3.97. The Morgan fingerprint density at radius 1 is 0.914 bits per heavy atom. The van der Waals surface area contributed by atoms with E-state index in [1.54, 1.807) is 18.2 Å². The van der Waals surface area contributed by atoms with Crippen molar-refractivity contribution >= 4 is 33.2 Å². The molecule has 1 aliphatic rings. The smallest absolute Gasteiger partial charge is 0.269 e. The van der Waals surface area contributed by atoms with E-state index in [2.05, 4.69) is 21.6 Å². The Labute approximate surface area is 205 Å². The number of sulfonamides is 1. The number of hydrogen-bond donors (Lipinski definition) is 3. The lowest BCUT2D eigenvalue weighted by molar-refractivity contribution is -0.120. The maximum atomic E-state index is 12.7. The first kappa shape index (κ1) is 24.3. The highest BCUT2D eigenvalue weighted by molar-refractivity contribution is 7.92. The molecule has 0 fully saturated rings. The third-order valence-corrected chi connectivity index (χ3v) is 7.42. The van der Waals surface area contributed by atoms with Crippen LogP contribution in [0.25, 0.3) is 0 Å². The molecule has 182 valence electrons. The van der Waals surface area contributed by atoms with Gasteiger partial charge in [-0.1, -0.05) is 24.3 Å². The minimum Gasteiger partial charge on any atom is -0.362 e. The Hall–Kier alpha value is -3.85. The molecule has 0 saturated heterocycles. The van der Waals surface area contributed by atoms with Crippen LogP contribution in [-0.4, -0.2) is 33.3 Å². The van der Waals surface area contributed by atoms with Gasteiger partial charge in [-0.15, -0.1) is 0 Å². The molecule has 1 aliphatic heterocycles. The van der Waals surface area contributed by atoms with Gasteiger partial charge in [-0.3, -0.25) is 25.2 Å². The molecule has 1 heterocycles. The summed E-state index contributed by atoms with van der Waals surface area (Å²) in [6.07, 6.45) is 1.96. The van der Waals surface area contributed by atoms with Gasteiger partial charge in [0.25, 0.3) is 21.8 Å². The number of fused-ring (bicyclic) bond motifs is 1. The van der Waals surface area contributed by atoms with Crippen molar-refractivity contribution in [2.45, 2.75) is 31.6 Å². The average molecular weight is 493 g/mol. The predicted octanol–water partition coefficient (Wildman–Crippen LogP) is 3.32. The van der Waals surface area contributed by atoms with Crippen LogP contribution >= 0.6 is 0 Å². The van der Waals surface area contributed by atoms with Crippen LogP contribution in [0.15, 0.2) is 71.6 Å². The molecule has 3 N–H and O–H groups in total. The zero-order chi connectivity index (χ0) is 25.0. The van der Waals surface area contributed by atoms with Crippen molar-refractivity contribution < 1.29 is 18.0 Å². The van der Waals surface area contributed by atoms with Gasteiger partial charge in [0.05, 0.1) is 11.4 Å². The van der Waals surface area contributed by atoms with Crippen molar-refractivity contribution in [2.24, 2.45) is 0 Å². The van der Waals surface area contributed by atoms with E-state index in [0.29, 0.717) is 5.69 Å². The topological polar surface area (TPSA) is 108 Å². The second-order valence-electron chi connectivity index (χ2n) is 8.59. The maximum Gasteiger partial charge on any atom is 0.269 e. The van der Waals surface area contributed by atoms with Crippen LogP contribution < -0.4 is 20.5 Å². The predicted molar refractivity (Wildman–Crippen MR) is 136 cm³/mol. The average Bonchev–Trinajstić information content (AvgIpc) is 2.84. The molecule has 0 radical (unpaired) electrons. The van der Waals surface area contributed by atoms with Crippen LogP contribution in [0.1, 0.15) is 33.5 Å². The monoisotopic (exact) mass is 492 g/mol. The summed E-state index contributed by atoms with van der Waals surface area (Å²) in [6, 6.07) is 18.9. The Morgan fingerprint density at radius 3 is 2.40 bits per heavy atom. The number of benzene rings is 3. The fourth-order valence-corrected chi connectivity index (χ4v) is 5.12. The SMILES string of the molecule is Cc1ccc(S(=O)(=O)Nc2ccc(C(=O)NNC(=O)CN3CCCc4ccccc43)cc2)cc1C. The largest absolute Gasteiger partial charge is 0.362 e. The summed E-state index contributed by atoms with van der Waals surface area (Å²) in [5.74, 6) is -0.825. The Balaban J connectivity index is 1.32. The molecule has 0 bridgehead atoms. The molecule has 2 amide bonds. The summed E-state index contributed by atoms with van der Waals surface area (Å²) in [6.45, 7) is 4.68. The molecule has 3 aromatic carbocycles. The number of para-hydroxylation sites is 1. The number of amides is 2. The van der Waals surface area contributed by atoms with Gasteiger partial charge in [-0.2, -0.15) is 0 Å². The van der Waals surface area contributed by atoms with Gasteiger partial charge in [-0.05, 0) is 85.8 Å². The number of aryl methyl sites for hydroxylation is 3. The highest BCUT2D eigenvalue weighted by Crippen LogP contribution is 2.26. The second kappa shape index (κ2) is 10.2. The molecule has 0 spiro atoms. The summed E-state index contributed by atoms with van der Waals surface area (Å²) in [4.78, 5) is 27.0. The first-order valence-electron chi connectivity index (χ1n) is 11.3. The lowest BCUT2D eigenvalue weighted by Crippen LogP contribution is -2.47. The van der Waals surface area contributed by atoms with Crippen LogP contribution in [0.5, 0.6) is 0 Å². The Morgan fingerprint density at radius 2 is 1.66 bits per heavy atom. The first-order valence-corrected chi connectivity index (χ1v) is 12.8. The van der Waals surface area contributed by atoms with Gasteiger partial charge >= 0.3 is 0 Å². The van der Waals surface area contributed by atoms with E-state index < -0.39 is 15.9 Å². The van der Waals surface area contributed by atoms with Crippen molar-refractivity contribution in [3.8, 4) is 0 Å². The van der Waals surface area contributed by atoms with E-state index in [1.807, 2.05) is 36.9 Å². The molecule has 9 heteroatoms. The van der Waals surface area contributed by atoms with Gasteiger partial charge in [0.15, 0.2) is 0 Å². The second-order valence-corrected chi connectivity index (χ2v) is 10.3. The number of nitrogens with zero attached hydrogens (tertiary/aromatic N) is 1. The van der Waals surface area contributed by atoms with E-state index in [4.69, 9.17) is 0 Å². The number of hydrazine groups is 1. The van der Waals surface area contributed by atoms with Crippen molar-refractivity contribution in [3.05, 3.63) is 89.0 Å². The number of rotatable bonds is 6. The molecule has 8 nitrogen and oxygen atoms in total. The Kier molecular flexibility index (Phi) is 7.07. The molecule has 0 saturated carbocycles. The summed E-state index contributed by atoms with van der Waals surface area (Å²) in [5.41, 5.74) is 9.61. The van der Waals surface area contributed by atoms with Crippen LogP contribution in [-0.2, 0) is 21.2 Å². The first-order chi connectivity index (χ1) is 16.7. The van der Waals surface area contributed by atoms with Crippen LogP contribution in [0.2, 0.25) is 0 Å². The number of anilines is 2. The minimum atomic E-state index is -3.75. The van der Waals surface area contributed by atoms with Gasteiger partial charge in [0.1, 0.15) is 0 Å². The van der Waals surface area contributed by atoms with Gasteiger partial charge in [0.2, 0.25) is 0 Å². The fraction of sp³-hybridized carbons (Fsp3) is 0.231. The lowest BCUT2D eigenvalue weighted by atomic mass is 10.0. The van der Waals surface area contributed by atoms with Crippen molar-refractivity contribution in [1.29, 1.82) is 0 Å². The molecule has 3 aromatic rings. The molecule has 35 heavy (non-hydrogen) atoms. The third kappa shape index (κ3) is 5.81. The van der Waals surface area contributed by atoms with Crippen LogP contribution in [0.4, 0.5) is 11.4 Å². The quantitative estimate of drug-likeness (QED) is 0.458. The number of carbonyl (C=O) groups excluding carboxylic acids is 2. The molecule has 0 atom stereocenters. The summed E-state index contributed by atoms with van der Waals surface area (Å²) < 4.78 is 27.8. The van der Waals surface area contributed by atoms with Crippen LogP contribution in [0.3, 0.4) is 0 Å². The van der Waals surface area contributed by atoms with Gasteiger partial charge in [-0.25, -0.2) is 8.42 Å². The molecule has 0 unspecified atom stereocenters. The molecule has 4 rings (SSSR count). The number of hydrogen-bond acceptors (Lipinski definition) is 5. The molecular formula is C26H28N4O4S. The highest BCUT2D eigenvalue weighted by atomic mass is 32.2. The molecule has 0 aliphatic carbocycles. The highest BCUT2D eigenvalue weighted by Gasteiger charge is 2.19. The summed E-state index contributed by atoms with van der Waals surface area (Å²) in [5, 5.41) is 0. The van der Waals surface area contributed by atoms with Gasteiger partial charge < -0.3 is 4.90 Å². The Bertz CT molecular complexity index is 1350. The lowest BCUT2D eigenvalue weighted by Gasteiger charge is -2.30.